The summed E-state index contributed by atoms with van der Waals surface area (Å²) in [4.78, 5) is 31.7. The summed E-state index contributed by atoms with van der Waals surface area (Å²) in [5.74, 6) is -2.40. The van der Waals surface area contributed by atoms with Crippen LogP contribution in [0.3, 0.4) is 0 Å². The number of rotatable bonds is 5. The molecule has 1 aromatic heterocycles. The molecular weight excluding hydrogens is 337 g/mol. The molecule has 0 aliphatic heterocycles. The van der Waals surface area contributed by atoms with Crippen LogP contribution in [0.4, 0.5) is 18.9 Å². The summed E-state index contributed by atoms with van der Waals surface area (Å²) < 4.78 is 37.7. The lowest BCUT2D eigenvalue weighted by Gasteiger charge is -2.22. The number of carbonyl (C=O) groups excluding carboxylic acids is 2. The lowest BCUT2D eigenvalue weighted by molar-refractivity contribution is -0.185. The van der Waals surface area contributed by atoms with Gasteiger partial charge in [0.05, 0.1) is 6.20 Å². The third-order valence-corrected chi connectivity index (χ3v) is 3.27. The van der Waals surface area contributed by atoms with Gasteiger partial charge in [-0.3, -0.25) is 14.6 Å². The second-order valence-electron chi connectivity index (χ2n) is 5.06. The summed E-state index contributed by atoms with van der Waals surface area (Å²) >= 11 is 0. The van der Waals surface area contributed by atoms with Gasteiger partial charge in [0.1, 0.15) is 5.69 Å². The molecule has 0 radical (unpaired) electrons. The monoisotopic (exact) mass is 352 g/mol. The quantitative estimate of drug-likeness (QED) is 0.898. The largest absolute Gasteiger partial charge is 0.471 e. The van der Waals surface area contributed by atoms with Crippen LogP contribution in [0.15, 0.2) is 42.9 Å². The third-order valence-electron chi connectivity index (χ3n) is 3.27. The Hall–Kier alpha value is -2.97. The predicted octanol–water partition coefficient (Wildman–Crippen LogP) is 2.64. The highest BCUT2D eigenvalue weighted by Crippen LogP contribution is 2.21. The molecule has 0 saturated carbocycles. The van der Waals surface area contributed by atoms with Gasteiger partial charge in [0.25, 0.3) is 5.91 Å². The Morgan fingerprint density at radius 3 is 2.60 bits per heavy atom. The second-order valence-corrected chi connectivity index (χ2v) is 5.06. The normalized spacial score (nSPS) is 11.0. The summed E-state index contributed by atoms with van der Waals surface area (Å²) in [6.45, 7) is 1.15. The molecule has 1 N–H and O–H groups in total. The number of nitrogens with one attached hydrogen (secondary N) is 1. The molecule has 0 bridgehead atoms. The van der Waals surface area contributed by atoms with Gasteiger partial charge in [-0.2, -0.15) is 13.2 Å². The Morgan fingerprint density at radius 2 is 2.00 bits per heavy atom. The number of amides is 2. The molecule has 0 aliphatic carbocycles. The van der Waals surface area contributed by atoms with Crippen molar-refractivity contribution < 1.29 is 22.8 Å². The van der Waals surface area contributed by atoms with Gasteiger partial charge in [0.15, 0.2) is 0 Å². The van der Waals surface area contributed by atoms with Crippen LogP contribution in [0.5, 0.6) is 0 Å². The Balaban J connectivity index is 2.10. The molecule has 1 aromatic carbocycles. The predicted molar refractivity (Wildman–Crippen MR) is 83.6 cm³/mol. The standard InChI is InChI=1S/C16H15F3N4O2/c1-2-23(15(25)16(17,18)19)10-11-4-3-5-12(8-11)22-14(24)13-9-20-6-7-21-13/h3-9H,2,10H2,1H3,(H,22,24). The van der Waals surface area contributed by atoms with E-state index in [2.05, 4.69) is 15.3 Å². The van der Waals surface area contributed by atoms with E-state index in [1.807, 2.05) is 0 Å². The first-order valence-electron chi connectivity index (χ1n) is 7.33. The molecule has 2 amide bonds. The lowest BCUT2D eigenvalue weighted by atomic mass is 10.2. The number of alkyl halides is 3. The van der Waals surface area contributed by atoms with E-state index < -0.39 is 18.0 Å². The average molecular weight is 352 g/mol. The van der Waals surface area contributed by atoms with Gasteiger partial charge in [0, 0.05) is 31.2 Å². The van der Waals surface area contributed by atoms with E-state index in [-0.39, 0.29) is 18.8 Å². The van der Waals surface area contributed by atoms with Crippen LogP contribution < -0.4 is 5.32 Å². The fraction of sp³-hybridized carbons (Fsp3) is 0.250. The molecule has 0 spiro atoms. The van der Waals surface area contributed by atoms with E-state index in [0.717, 1.165) is 0 Å². The number of hydrogen-bond acceptors (Lipinski definition) is 4. The summed E-state index contributed by atoms with van der Waals surface area (Å²) in [5.41, 5.74) is 0.940. The van der Waals surface area contributed by atoms with Crippen molar-refractivity contribution in [3.8, 4) is 0 Å². The summed E-state index contributed by atoms with van der Waals surface area (Å²) in [5, 5.41) is 2.58. The van der Waals surface area contributed by atoms with Crippen LogP contribution in [0.25, 0.3) is 0 Å². The van der Waals surface area contributed by atoms with Crippen molar-refractivity contribution in [2.24, 2.45) is 0 Å². The van der Waals surface area contributed by atoms with Crippen LogP contribution in [0.1, 0.15) is 23.0 Å². The maximum atomic E-state index is 12.6. The fourth-order valence-electron chi connectivity index (χ4n) is 2.09. The van der Waals surface area contributed by atoms with Crippen molar-refractivity contribution in [2.75, 3.05) is 11.9 Å². The fourth-order valence-corrected chi connectivity index (χ4v) is 2.09. The maximum absolute atomic E-state index is 12.6. The molecule has 0 unspecified atom stereocenters. The number of halogens is 3. The molecule has 2 rings (SSSR count). The van der Waals surface area contributed by atoms with Crippen LogP contribution in [-0.2, 0) is 11.3 Å². The van der Waals surface area contributed by atoms with Gasteiger partial charge in [-0.15, -0.1) is 0 Å². The number of hydrogen-bond donors (Lipinski definition) is 1. The molecule has 25 heavy (non-hydrogen) atoms. The molecule has 0 saturated heterocycles. The van der Waals surface area contributed by atoms with Crippen LogP contribution in [-0.4, -0.2) is 39.4 Å². The molecule has 6 nitrogen and oxygen atoms in total. The summed E-state index contributed by atoms with van der Waals surface area (Å²) in [6.07, 6.45) is -0.838. The zero-order valence-corrected chi connectivity index (χ0v) is 13.2. The average Bonchev–Trinajstić information content (AvgIpc) is 2.59. The Labute approximate surface area is 141 Å². The molecule has 0 aliphatic rings. The molecular formula is C16H15F3N4O2. The van der Waals surface area contributed by atoms with E-state index in [1.54, 1.807) is 18.2 Å². The minimum atomic E-state index is -4.92. The molecule has 0 atom stereocenters. The van der Waals surface area contributed by atoms with Gasteiger partial charge in [0.2, 0.25) is 0 Å². The number of aromatic nitrogens is 2. The second kappa shape index (κ2) is 7.73. The highest BCUT2D eigenvalue weighted by Gasteiger charge is 2.41. The van der Waals surface area contributed by atoms with Crippen molar-refractivity contribution in [1.29, 1.82) is 0 Å². The minimum Gasteiger partial charge on any atom is -0.331 e. The van der Waals surface area contributed by atoms with Gasteiger partial charge in [-0.1, -0.05) is 12.1 Å². The third kappa shape index (κ3) is 5.00. The molecule has 132 valence electrons. The van der Waals surface area contributed by atoms with Crippen LogP contribution >= 0.6 is 0 Å². The summed E-state index contributed by atoms with van der Waals surface area (Å²) in [6, 6.07) is 6.23. The molecule has 2 aromatic rings. The zero-order chi connectivity index (χ0) is 18.4. The SMILES string of the molecule is CCN(Cc1cccc(NC(=O)c2cnccn2)c1)C(=O)C(F)(F)F. The van der Waals surface area contributed by atoms with Crippen molar-refractivity contribution in [2.45, 2.75) is 19.6 Å². The highest BCUT2D eigenvalue weighted by atomic mass is 19.4. The lowest BCUT2D eigenvalue weighted by Crippen LogP contribution is -2.40. The topological polar surface area (TPSA) is 75.2 Å². The highest BCUT2D eigenvalue weighted by molar-refractivity contribution is 6.02. The minimum absolute atomic E-state index is 0.0888. The van der Waals surface area contributed by atoms with E-state index >= 15 is 0 Å². The van der Waals surface area contributed by atoms with Gasteiger partial charge >= 0.3 is 12.1 Å². The number of benzene rings is 1. The van der Waals surface area contributed by atoms with Gasteiger partial charge in [-0.05, 0) is 24.6 Å². The number of carbonyl (C=O) groups is 2. The maximum Gasteiger partial charge on any atom is 0.471 e. The molecule has 9 heteroatoms. The van der Waals surface area contributed by atoms with Gasteiger partial charge in [-0.25, -0.2) is 4.98 Å². The Morgan fingerprint density at radius 1 is 1.24 bits per heavy atom. The van der Waals surface area contributed by atoms with Crippen LogP contribution in [0, 0.1) is 0 Å². The molecule has 0 fully saturated rings. The van der Waals surface area contributed by atoms with Crippen molar-refractivity contribution in [3.63, 3.8) is 0 Å². The van der Waals surface area contributed by atoms with Crippen molar-refractivity contribution in [3.05, 3.63) is 54.1 Å². The Bertz CT molecular complexity index is 751. The first-order valence-corrected chi connectivity index (χ1v) is 7.33. The van der Waals surface area contributed by atoms with Crippen molar-refractivity contribution in [1.82, 2.24) is 14.9 Å². The summed E-state index contributed by atoms with van der Waals surface area (Å²) in [7, 11) is 0. The van der Waals surface area contributed by atoms with Crippen LogP contribution in [0.2, 0.25) is 0 Å². The number of anilines is 1. The van der Waals surface area contributed by atoms with E-state index in [9.17, 15) is 22.8 Å². The first-order chi connectivity index (χ1) is 11.8. The Kier molecular flexibility index (Phi) is 5.68. The van der Waals surface area contributed by atoms with Crippen molar-refractivity contribution >= 4 is 17.5 Å². The van der Waals surface area contributed by atoms with E-state index in [4.69, 9.17) is 0 Å². The number of nitrogens with zero attached hydrogens (tertiary/aromatic N) is 3. The van der Waals surface area contributed by atoms with E-state index in [1.165, 1.54) is 31.6 Å². The van der Waals surface area contributed by atoms with Gasteiger partial charge < -0.3 is 10.2 Å². The molecule has 1 heterocycles. The smallest absolute Gasteiger partial charge is 0.331 e. The first kappa shape index (κ1) is 18.4. The zero-order valence-electron chi connectivity index (χ0n) is 13.2. The van der Waals surface area contributed by atoms with E-state index in [0.29, 0.717) is 16.2 Å².